The highest BCUT2D eigenvalue weighted by atomic mass is 16.5. The molecule has 1 aliphatic rings. The number of nitrogens with two attached hydrogens (primary N) is 1. The summed E-state index contributed by atoms with van der Waals surface area (Å²) in [6, 6.07) is 0.187. The van der Waals surface area contributed by atoms with Crippen molar-refractivity contribution in [1.82, 2.24) is 5.43 Å². The van der Waals surface area contributed by atoms with Crippen LogP contribution in [0.15, 0.2) is 12.7 Å². The molecule has 0 aromatic carbocycles. The van der Waals surface area contributed by atoms with Crippen molar-refractivity contribution in [3.63, 3.8) is 0 Å². The molecule has 1 heterocycles. The van der Waals surface area contributed by atoms with E-state index >= 15 is 0 Å². The van der Waals surface area contributed by atoms with Crippen LogP contribution in [0.25, 0.3) is 0 Å². The van der Waals surface area contributed by atoms with E-state index in [9.17, 15) is 0 Å². The van der Waals surface area contributed by atoms with Gasteiger partial charge in [-0.3, -0.25) is 11.3 Å². The van der Waals surface area contributed by atoms with E-state index in [-0.39, 0.29) is 6.04 Å². The monoisotopic (exact) mass is 156 g/mol. The standard InChI is InChI=1S/C8H16N2O/c1-3-8(10-9)7-4-5-11-6(7)2/h3,6-8,10H,1,4-5,9H2,2H3. The van der Waals surface area contributed by atoms with Crippen LogP contribution < -0.4 is 11.3 Å². The molecule has 0 saturated carbocycles. The van der Waals surface area contributed by atoms with Crippen molar-refractivity contribution in [2.45, 2.75) is 25.5 Å². The largest absolute Gasteiger partial charge is 0.378 e. The molecule has 0 aromatic rings. The smallest absolute Gasteiger partial charge is 0.0594 e. The zero-order chi connectivity index (χ0) is 8.27. The highest BCUT2D eigenvalue weighted by molar-refractivity contribution is 4.93. The summed E-state index contributed by atoms with van der Waals surface area (Å²) < 4.78 is 5.41. The summed E-state index contributed by atoms with van der Waals surface area (Å²) in [4.78, 5) is 0. The van der Waals surface area contributed by atoms with Crippen LogP contribution in [0.5, 0.6) is 0 Å². The van der Waals surface area contributed by atoms with Gasteiger partial charge in [0.2, 0.25) is 0 Å². The van der Waals surface area contributed by atoms with Crippen molar-refractivity contribution < 1.29 is 4.74 Å². The Morgan fingerprint density at radius 3 is 2.91 bits per heavy atom. The maximum Gasteiger partial charge on any atom is 0.0594 e. The SMILES string of the molecule is C=CC(NN)C1CCOC1C. The summed E-state index contributed by atoms with van der Waals surface area (Å²) in [6.07, 6.45) is 3.21. The van der Waals surface area contributed by atoms with E-state index in [0.29, 0.717) is 12.0 Å². The van der Waals surface area contributed by atoms with Gasteiger partial charge in [-0.1, -0.05) is 6.08 Å². The molecule has 0 aromatic heterocycles. The van der Waals surface area contributed by atoms with Gasteiger partial charge in [-0.05, 0) is 13.3 Å². The van der Waals surface area contributed by atoms with Crippen molar-refractivity contribution in [2.24, 2.45) is 11.8 Å². The fourth-order valence-electron chi connectivity index (χ4n) is 1.59. The van der Waals surface area contributed by atoms with E-state index in [1.165, 1.54) is 0 Å². The van der Waals surface area contributed by atoms with E-state index < -0.39 is 0 Å². The molecule has 3 unspecified atom stereocenters. The van der Waals surface area contributed by atoms with Gasteiger partial charge < -0.3 is 4.74 Å². The molecular formula is C8H16N2O. The lowest BCUT2D eigenvalue weighted by Crippen LogP contribution is -2.41. The Bertz CT molecular complexity index is 138. The number of hydrogen-bond acceptors (Lipinski definition) is 3. The Balaban J connectivity index is 2.49. The molecule has 3 nitrogen and oxygen atoms in total. The maximum absolute atomic E-state index is 5.41. The third-order valence-corrected chi connectivity index (χ3v) is 2.34. The fraction of sp³-hybridized carbons (Fsp3) is 0.750. The Morgan fingerprint density at radius 1 is 1.82 bits per heavy atom. The van der Waals surface area contributed by atoms with Gasteiger partial charge in [0.1, 0.15) is 0 Å². The molecule has 11 heavy (non-hydrogen) atoms. The van der Waals surface area contributed by atoms with Crippen LogP contribution in [-0.2, 0) is 4.74 Å². The topological polar surface area (TPSA) is 47.3 Å². The minimum atomic E-state index is 0.187. The highest BCUT2D eigenvalue weighted by Crippen LogP contribution is 2.23. The van der Waals surface area contributed by atoms with Crippen LogP contribution in [-0.4, -0.2) is 18.8 Å². The molecule has 0 amide bonds. The van der Waals surface area contributed by atoms with Gasteiger partial charge in [-0.25, -0.2) is 0 Å². The second-order valence-corrected chi connectivity index (χ2v) is 2.96. The number of hydrogen-bond donors (Lipinski definition) is 2. The van der Waals surface area contributed by atoms with E-state index in [0.717, 1.165) is 13.0 Å². The minimum Gasteiger partial charge on any atom is -0.378 e. The van der Waals surface area contributed by atoms with Gasteiger partial charge in [0.05, 0.1) is 6.10 Å². The van der Waals surface area contributed by atoms with Crippen LogP contribution in [0.4, 0.5) is 0 Å². The third kappa shape index (κ3) is 1.80. The fourth-order valence-corrected chi connectivity index (χ4v) is 1.59. The van der Waals surface area contributed by atoms with Crippen molar-refractivity contribution in [3.05, 3.63) is 12.7 Å². The molecule has 0 aliphatic carbocycles. The van der Waals surface area contributed by atoms with Gasteiger partial charge in [-0.2, -0.15) is 0 Å². The number of nitrogens with one attached hydrogen (secondary N) is 1. The molecule has 0 radical (unpaired) electrons. The van der Waals surface area contributed by atoms with Crippen molar-refractivity contribution in [2.75, 3.05) is 6.61 Å². The van der Waals surface area contributed by atoms with E-state index in [4.69, 9.17) is 10.6 Å². The van der Waals surface area contributed by atoms with Crippen LogP contribution in [0, 0.1) is 5.92 Å². The van der Waals surface area contributed by atoms with Crippen LogP contribution >= 0.6 is 0 Å². The lowest BCUT2D eigenvalue weighted by molar-refractivity contribution is 0.0999. The van der Waals surface area contributed by atoms with Gasteiger partial charge in [0.25, 0.3) is 0 Å². The van der Waals surface area contributed by atoms with Crippen molar-refractivity contribution in [3.8, 4) is 0 Å². The van der Waals surface area contributed by atoms with Crippen molar-refractivity contribution in [1.29, 1.82) is 0 Å². The molecule has 3 heteroatoms. The zero-order valence-electron chi connectivity index (χ0n) is 6.92. The molecule has 0 spiro atoms. The molecule has 1 aliphatic heterocycles. The van der Waals surface area contributed by atoms with Gasteiger partial charge in [0.15, 0.2) is 0 Å². The molecule has 3 N–H and O–H groups in total. The number of ether oxygens (including phenoxy) is 1. The first-order valence-electron chi connectivity index (χ1n) is 4.00. The molecule has 3 atom stereocenters. The summed E-state index contributed by atoms with van der Waals surface area (Å²) in [5.74, 6) is 5.83. The normalized spacial score (nSPS) is 33.6. The molecule has 1 fully saturated rings. The van der Waals surface area contributed by atoms with Gasteiger partial charge in [0, 0.05) is 18.6 Å². The predicted molar refractivity (Wildman–Crippen MR) is 44.8 cm³/mol. The summed E-state index contributed by atoms with van der Waals surface area (Å²) in [5.41, 5.74) is 2.73. The second kappa shape index (κ2) is 3.85. The molecule has 64 valence electrons. The van der Waals surface area contributed by atoms with Crippen molar-refractivity contribution >= 4 is 0 Å². The second-order valence-electron chi connectivity index (χ2n) is 2.96. The van der Waals surface area contributed by atoms with Gasteiger partial charge in [-0.15, -0.1) is 6.58 Å². The lowest BCUT2D eigenvalue weighted by Gasteiger charge is -2.21. The molecular weight excluding hydrogens is 140 g/mol. The first-order chi connectivity index (χ1) is 5.29. The Labute approximate surface area is 67.6 Å². The number of rotatable bonds is 3. The zero-order valence-corrected chi connectivity index (χ0v) is 6.92. The average molecular weight is 156 g/mol. The molecule has 0 bridgehead atoms. The maximum atomic E-state index is 5.41. The first-order valence-corrected chi connectivity index (χ1v) is 4.00. The summed E-state index contributed by atoms with van der Waals surface area (Å²) >= 11 is 0. The Hall–Kier alpha value is -0.380. The van der Waals surface area contributed by atoms with Crippen LogP contribution in [0.3, 0.4) is 0 Å². The van der Waals surface area contributed by atoms with E-state index in [1.54, 1.807) is 0 Å². The number of hydrazine groups is 1. The predicted octanol–water partition coefficient (Wildman–Crippen LogP) is 0.429. The summed E-state index contributed by atoms with van der Waals surface area (Å²) in [7, 11) is 0. The summed E-state index contributed by atoms with van der Waals surface area (Å²) in [6.45, 7) is 6.63. The minimum absolute atomic E-state index is 0.187. The van der Waals surface area contributed by atoms with Crippen LogP contribution in [0.1, 0.15) is 13.3 Å². The lowest BCUT2D eigenvalue weighted by atomic mass is 9.94. The summed E-state index contributed by atoms with van der Waals surface area (Å²) in [5, 5.41) is 0. The molecule has 1 rings (SSSR count). The highest BCUT2D eigenvalue weighted by Gasteiger charge is 2.29. The van der Waals surface area contributed by atoms with Crippen LogP contribution in [0.2, 0.25) is 0 Å². The van der Waals surface area contributed by atoms with Gasteiger partial charge >= 0.3 is 0 Å². The molecule has 1 saturated heterocycles. The quantitative estimate of drug-likeness (QED) is 0.354. The average Bonchev–Trinajstić information content (AvgIpc) is 2.40. The first kappa shape index (κ1) is 8.71. The Morgan fingerprint density at radius 2 is 2.55 bits per heavy atom. The third-order valence-electron chi connectivity index (χ3n) is 2.34. The Kier molecular flexibility index (Phi) is 3.05. The van der Waals surface area contributed by atoms with E-state index in [2.05, 4.69) is 18.9 Å². The van der Waals surface area contributed by atoms with E-state index in [1.807, 2.05) is 6.08 Å².